The Bertz CT molecular complexity index is 1020. The van der Waals surface area contributed by atoms with Crippen molar-refractivity contribution in [1.29, 1.82) is 0 Å². The van der Waals surface area contributed by atoms with E-state index in [4.69, 9.17) is 4.74 Å². The van der Waals surface area contributed by atoms with Gasteiger partial charge in [0.2, 0.25) is 0 Å². The molecule has 0 fully saturated rings. The van der Waals surface area contributed by atoms with Crippen molar-refractivity contribution < 1.29 is 32.6 Å². The molecule has 2 aromatic carbocycles. The number of alkyl halides is 3. The van der Waals surface area contributed by atoms with E-state index in [-0.39, 0.29) is 12.0 Å². The molecule has 0 aliphatic carbocycles. The van der Waals surface area contributed by atoms with Gasteiger partial charge >= 0.3 is 12.1 Å². The minimum absolute atomic E-state index is 0.0247. The fraction of sp³-hybridized carbons (Fsp3) is 0.200. The van der Waals surface area contributed by atoms with Gasteiger partial charge in [-0.25, -0.2) is 0 Å². The van der Waals surface area contributed by atoms with Crippen LogP contribution in [0.15, 0.2) is 48.7 Å². The fourth-order valence-electron chi connectivity index (χ4n) is 3.02. The number of halogens is 3. The van der Waals surface area contributed by atoms with Gasteiger partial charge in [0.15, 0.2) is 5.78 Å². The molecule has 0 saturated carbocycles. The Morgan fingerprint density at radius 3 is 2.39 bits per heavy atom. The van der Waals surface area contributed by atoms with Gasteiger partial charge in [0.25, 0.3) is 0 Å². The molecule has 0 spiro atoms. The molecule has 1 aromatic heterocycles. The molecule has 3 aromatic rings. The number of H-pyrrole nitrogens is 1. The van der Waals surface area contributed by atoms with E-state index in [1.165, 1.54) is 13.3 Å². The Labute approximate surface area is 157 Å². The van der Waals surface area contributed by atoms with Crippen molar-refractivity contribution in [2.24, 2.45) is 0 Å². The summed E-state index contributed by atoms with van der Waals surface area (Å²) < 4.78 is 43.1. The molecule has 146 valence electrons. The summed E-state index contributed by atoms with van der Waals surface area (Å²) in [5.41, 5.74) is 0.241. The van der Waals surface area contributed by atoms with Crippen LogP contribution in [-0.4, -0.2) is 29.0 Å². The lowest BCUT2D eigenvalue weighted by Crippen LogP contribution is -2.16. The molecule has 0 aliphatic rings. The molecular weight excluding hydrogens is 375 g/mol. The van der Waals surface area contributed by atoms with Crippen LogP contribution in [-0.2, 0) is 11.0 Å². The van der Waals surface area contributed by atoms with Crippen LogP contribution < -0.4 is 4.74 Å². The van der Waals surface area contributed by atoms with Crippen molar-refractivity contribution in [2.75, 3.05) is 7.11 Å². The highest BCUT2D eigenvalue weighted by molar-refractivity contribution is 6.00. The third-order valence-corrected chi connectivity index (χ3v) is 4.52. The molecule has 0 aliphatic heterocycles. The normalized spacial score (nSPS) is 12.7. The van der Waals surface area contributed by atoms with E-state index in [0.717, 1.165) is 24.3 Å². The predicted molar refractivity (Wildman–Crippen MR) is 95.6 cm³/mol. The van der Waals surface area contributed by atoms with Crippen molar-refractivity contribution in [3.05, 3.63) is 65.4 Å². The highest BCUT2D eigenvalue weighted by Crippen LogP contribution is 2.33. The van der Waals surface area contributed by atoms with Crippen LogP contribution >= 0.6 is 0 Å². The second-order valence-corrected chi connectivity index (χ2v) is 6.25. The molecule has 1 atom stereocenters. The number of aliphatic carboxylic acids is 1. The van der Waals surface area contributed by atoms with Crippen molar-refractivity contribution in [2.45, 2.75) is 18.5 Å². The summed E-state index contributed by atoms with van der Waals surface area (Å²) in [4.78, 5) is 27.3. The summed E-state index contributed by atoms with van der Waals surface area (Å²) in [6.45, 7) is 0. The lowest BCUT2D eigenvalue weighted by atomic mass is 9.91. The van der Waals surface area contributed by atoms with Gasteiger partial charge in [-0.05, 0) is 35.9 Å². The van der Waals surface area contributed by atoms with E-state index in [1.807, 2.05) is 0 Å². The van der Waals surface area contributed by atoms with Gasteiger partial charge in [0.1, 0.15) is 5.75 Å². The smallest absolute Gasteiger partial charge is 0.416 e. The maximum atomic E-state index is 12.7. The summed E-state index contributed by atoms with van der Waals surface area (Å²) >= 11 is 0. The number of ketones is 1. The number of methoxy groups -OCH3 is 1. The van der Waals surface area contributed by atoms with Crippen molar-refractivity contribution in [3.8, 4) is 5.75 Å². The van der Waals surface area contributed by atoms with Gasteiger partial charge in [-0.2, -0.15) is 13.2 Å². The van der Waals surface area contributed by atoms with Crippen LogP contribution in [0.5, 0.6) is 5.75 Å². The number of carbonyl (C=O) groups excluding carboxylic acids is 1. The number of ether oxygens (including phenoxy) is 1. The third kappa shape index (κ3) is 3.85. The molecule has 3 rings (SSSR count). The minimum atomic E-state index is -4.51. The maximum absolute atomic E-state index is 12.7. The van der Waals surface area contributed by atoms with Crippen LogP contribution in [0.2, 0.25) is 0 Å². The topological polar surface area (TPSA) is 79.4 Å². The van der Waals surface area contributed by atoms with E-state index in [9.17, 15) is 27.9 Å². The quantitative estimate of drug-likeness (QED) is 0.600. The number of hydrogen-bond acceptors (Lipinski definition) is 3. The van der Waals surface area contributed by atoms with E-state index in [0.29, 0.717) is 22.2 Å². The summed E-state index contributed by atoms with van der Waals surface area (Å²) in [6, 6.07) is 8.84. The number of carbonyl (C=O) groups is 2. The number of nitrogens with one attached hydrogen (secondary N) is 1. The Balaban J connectivity index is 1.90. The first-order valence-corrected chi connectivity index (χ1v) is 8.29. The first kappa shape index (κ1) is 19.5. The molecule has 0 amide bonds. The zero-order valence-corrected chi connectivity index (χ0v) is 14.7. The molecule has 1 heterocycles. The van der Waals surface area contributed by atoms with Gasteiger partial charge < -0.3 is 14.8 Å². The summed E-state index contributed by atoms with van der Waals surface area (Å²) in [6.07, 6.45) is -3.37. The van der Waals surface area contributed by atoms with Gasteiger partial charge in [-0.1, -0.05) is 12.1 Å². The molecule has 0 saturated heterocycles. The monoisotopic (exact) mass is 391 g/mol. The number of hydrogen-bond donors (Lipinski definition) is 2. The van der Waals surface area contributed by atoms with Crippen LogP contribution in [0.1, 0.15) is 33.8 Å². The zero-order chi connectivity index (χ0) is 20.5. The van der Waals surface area contributed by atoms with Crippen LogP contribution in [0, 0.1) is 0 Å². The van der Waals surface area contributed by atoms with E-state index < -0.39 is 29.4 Å². The molecule has 8 heteroatoms. The molecule has 28 heavy (non-hydrogen) atoms. The number of fused-ring (bicyclic) bond motifs is 1. The van der Waals surface area contributed by atoms with E-state index in [2.05, 4.69) is 4.98 Å². The number of benzene rings is 2. The Morgan fingerprint density at radius 2 is 1.82 bits per heavy atom. The average molecular weight is 391 g/mol. The third-order valence-electron chi connectivity index (χ3n) is 4.52. The number of Topliss-reactive ketones (excluding diaryl/α,β-unsaturated/α-hetero) is 1. The molecular formula is C20H16F3NO4. The Morgan fingerprint density at radius 1 is 1.14 bits per heavy atom. The van der Waals surface area contributed by atoms with Gasteiger partial charge in [0.05, 0.1) is 18.6 Å². The van der Waals surface area contributed by atoms with Crippen LogP contribution in [0.25, 0.3) is 10.9 Å². The SMILES string of the molecule is COc1ccc2[nH]cc(C(CC(=O)c3ccc(C(F)(F)F)cc3)C(=O)O)c2c1. The van der Waals surface area contributed by atoms with Crippen molar-refractivity contribution in [3.63, 3.8) is 0 Å². The fourth-order valence-corrected chi connectivity index (χ4v) is 3.02. The Kier molecular flexibility index (Phi) is 5.13. The number of aromatic amines is 1. The van der Waals surface area contributed by atoms with E-state index >= 15 is 0 Å². The van der Waals surface area contributed by atoms with Gasteiger partial charge in [-0.3, -0.25) is 9.59 Å². The molecule has 2 N–H and O–H groups in total. The Hall–Kier alpha value is -3.29. The number of carboxylic acids is 1. The molecule has 1 unspecified atom stereocenters. The summed E-state index contributed by atoms with van der Waals surface area (Å²) in [5, 5.41) is 10.2. The molecule has 5 nitrogen and oxygen atoms in total. The second-order valence-electron chi connectivity index (χ2n) is 6.25. The molecule has 0 radical (unpaired) electrons. The number of rotatable bonds is 6. The lowest BCUT2D eigenvalue weighted by molar-refractivity contribution is -0.139. The second kappa shape index (κ2) is 7.38. The van der Waals surface area contributed by atoms with Crippen molar-refractivity contribution >= 4 is 22.7 Å². The van der Waals surface area contributed by atoms with Gasteiger partial charge in [0, 0.05) is 29.1 Å². The van der Waals surface area contributed by atoms with Crippen LogP contribution in [0.4, 0.5) is 13.2 Å². The highest BCUT2D eigenvalue weighted by Gasteiger charge is 2.31. The standard InChI is InChI=1S/C20H16F3NO4/c1-28-13-6-7-17-14(8-13)16(10-24-17)15(19(26)27)9-18(25)11-2-4-12(5-3-11)20(21,22)23/h2-8,10,15,24H,9H2,1H3,(H,26,27). The van der Waals surface area contributed by atoms with Crippen molar-refractivity contribution in [1.82, 2.24) is 4.98 Å². The summed E-state index contributed by atoms with van der Waals surface area (Å²) in [5.74, 6) is -2.38. The average Bonchev–Trinajstić information content (AvgIpc) is 3.07. The maximum Gasteiger partial charge on any atom is 0.416 e. The largest absolute Gasteiger partial charge is 0.497 e. The predicted octanol–water partition coefficient (Wildman–Crippen LogP) is 4.64. The van der Waals surface area contributed by atoms with E-state index in [1.54, 1.807) is 18.2 Å². The number of aromatic nitrogens is 1. The lowest BCUT2D eigenvalue weighted by Gasteiger charge is -2.12. The minimum Gasteiger partial charge on any atom is -0.497 e. The van der Waals surface area contributed by atoms with Gasteiger partial charge in [-0.15, -0.1) is 0 Å². The zero-order valence-electron chi connectivity index (χ0n) is 14.7. The highest BCUT2D eigenvalue weighted by atomic mass is 19.4. The first-order chi connectivity index (χ1) is 13.2. The van der Waals surface area contributed by atoms with Crippen LogP contribution in [0.3, 0.4) is 0 Å². The molecule has 0 bridgehead atoms. The first-order valence-electron chi connectivity index (χ1n) is 8.29. The summed E-state index contributed by atoms with van der Waals surface area (Å²) in [7, 11) is 1.48. The number of carboxylic acid groups (broad SMARTS) is 1.